The predicted molar refractivity (Wildman–Crippen MR) is 73.2 cm³/mol. The van der Waals surface area contributed by atoms with Crippen LogP contribution in [0, 0.1) is 25.2 Å². The van der Waals surface area contributed by atoms with Crippen molar-refractivity contribution in [3.05, 3.63) is 34.9 Å². The van der Waals surface area contributed by atoms with E-state index >= 15 is 0 Å². The van der Waals surface area contributed by atoms with Gasteiger partial charge in [-0.15, -0.1) is 0 Å². The van der Waals surface area contributed by atoms with Crippen LogP contribution in [0.4, 0.5) is 0 Å². The fourth-order valence-electron chi connectivity index (χ4n) is 1.96. The van der Waals surface area contributed by atoms with Crippen molar-refractivity contribution in [2.24, 2.45) is 0 Å². The number of rotatable bonds is 5. The van der Waals surface area contributed by atoms with Crippen LogP contribution in [0.15, 0.2) is 18.2 Å². The van der Waals surface area contributed by atoms with Crippen molar-refractivity contribution in [2.75, 3.05) is 13.6 Å². The van der Waals surface area contributed by atoms with E-state index in [-0.39, 0.29) is 6.04 Å². The Morgan fingerprint density at radius 1 is 1.39 bits per heavy atom. The summed E-state index contributed by atoms with van der Waals surface area (Å²) in [7, 11) is 1.94. The molecular weight excluding hydrogens is 224 g/mol. The zero-order valence-electron chi connectivity index (χ0n) is 11.6. The van der Waals surface area contributed by atoms with Gasteiger partial charge in [-0.3, -0.25) is 4.90 Å². The Labute approximate surface area is 110 Å². The van der Waals surface area contributed by atoms with Crippen LogP contribution >= 0.6 is 0 Å². The van der Waals surface area contributed by atoms with E-state index in [1.54, 1.807) is 0 Å². The van der Waals surface area contributed by atoms with Crippen molar-refractivity contribution in [2.45, 2.75) is 39.3 Å². The first-order chi connectivity index (χ1) is 8.45. The third kappa shape index (κ3) is 3.83. The largest absolute Gasteiger partial charge is 0.387 e. The molecule has 0 bridgehead atoms. The Morgan fingerprint density at radius 3 is 2.67 bits per heavy atom. The van der Waals surface area contributed by atoms with Gasteiger partial charge in [0.25, 0.3) is 0 Å². The van der Waals surface area contributed by atoms with Gasteiger partial charge >= 0.3 is 0 Å². The summed E-state index contributed by atoms with van der Waals surface area (Å²) in [5.41, 5.74) is 3.24. The smallest absolute Gasteiger partial charge is 0.0919 e. The molecule has 0 spiro atoms. The lowest BCUT2D eigenvalue weighted by Crippen LogP contribution is -2.32. The zero-order valence-corrected chi connectivity index (χ0v) is 11.6. The fourth-order valence-corrected chi connectivity index (χ4v) is 1.96. The van der Waals surface area contributed by atoms with Crippen molar-refractivity contribution in [1.29, 1.82) is 5.26 Å². The monoisotopic (exact) mass is 246 g/mol. The molecule has 18 heavy (non-hydrogen) atoms. The number of aryl methyl sites for hydroxylation is 2. The summed E-state index contributed by atoms with van der Waals surface area (Å²) in [5, 5.41) is 19.0. The summed E-state index contributed by atoms with van der Waals surface area (Å²) < 4.78 is 0. The molecule has 0 aliphatic heterocycles. The summed E-state index contributed by atoms with van der Waals surface area (Å²) >= 11 is 0. The molecular formula is C15H22N2O. The maximum atomic E-state index is 10.3. The van der Waals surface area contributed by atoms with Crippen LogP contribution in [-0.2, 0) is 0 Å². The molecule has 0 fully saturated rings. The standard InChI is InChI=1S/C15H22N2O/c1-11-5-6-12(2)14(9-11)15(18)10-17(4)13(3)7-8-16/h5-6,9,13,15,18H,7,10H2,1-4H3/t13-,15+/m0/s1. The first-order valence-electron chi connectivity index (χ1n) is 6.28. The molecule has 0 aliphatic carbocycles. The molecule has 0 radical (unpaired) electrons. The normalized spacial score (nSPS) is 14.3. The van der Waals surface area contributed by atoms with E-state index in [1.807, 2.05) is 50.9 Å². The molecule has 3 nitrogen and oxygen atoms in total. The lowest BCUT2D eigenvalue weighted by molar-refractivity contribution is 0.109. The summed E-state index contributed by atoms with van der Waals surface area (Å²) in [4.78, 5) is 2.02. The second-order valence-corrected chi connectivity index (χ2v) is 5.03. The van der Waals surface area contributed by atoms with Crippen LogP contribution in [0.2, 0.25) is 0 Å². The van der Waals surface area contributed by atoms with E-state index in [9.17, 15) is 5.11 Å². The molecule has 0 unspecified atom stereocenters. The van der Waals surface area contributed by atoms with Gasteiger partial charge in [0.05, 0.1) is 18.6 Å². The average Bonchev–Trinajstić information content (AvgIpc) is 2.32. The van der Waals surface area contributed by atoms with E-state index in [0.29, 0.717) is 13.0 Å². The summed E-state index contributed by atoms with van der Waals surface area (Å²) in [6.07, 6.45) is -0.0215. The molecule has 0 amide bonds. The molecule has 98 valence electrons. The van der Waals surface area contributed by atoms with E-state index in [0.717, 1.165) is 16.7 Å². The van der Waals surface area contributed by atoms with E-state index in [4.69, 9.17) is 5.26 Å². The predicted octanol–water partition coefficient (Wildman–Crippen LogP) is 2.57. The van der Waals surface area contributed by atoms with Gasteiger partial charge in [-0.05, 0) is 38.9 Å². The Hall–Kier alpha value is -1.37. The van der Waals surface area contributed by atoms with Crippen molar-refractivity contribution in [1.82, 2.24) is 4.90 Å². The van der Waals surface area contributed by atoms with E-state index in [2.05, 4.69) is 6.07 Å². The highest BCUT2D eigenvalue weighted by molar-refractivity contribution is 5.32. The molecule has 0 aromatic heterocycles. The molecule has 2 atom stereocenters. The Morgan fingerprint density at radius 2 is 2.06 bits per heavy atom. The van der Waals surface area contributed by atoms with Gasteiger partial charge in [-0.25, -0.2) is 0 Å². The fraction of sp³-hybridized carbons (Fsp3) is 0.533. The molecule has 0 aliphatic rings. The average molecular weight is 246 g/mol. The minimum atomic E-state index is -0.504. The third-order valence-corrected chi connectivity index (χ3v) is 3.39. The van der Waals surface area contributed by atoms with Crippen molar-refractivity contribution in [3.63, 3.8) is 0 Å². The minimum Gasteiger partial charge on any atom is -0.387 e. The van der Waals surface area contributed by atoms with Gasteiger partial charge in [0, 0.05) is 12.6 Å². The van der Waals surface area contributed by atoms with Gasteiger partial charge in [0.2, 0.25) is 0 Å². The molecule has 1 aromatic rings. The van der Waals surface area contributed by atoms with Gasteiger partial charge in [0.15, 0.2) is 0 Å². The first kappa shape index (κ1) is 14.7. The highest BCUT2D eigenvalue weighted by atomic mass is 16.3. The van der Waals surface area contributed by atoms with E-state index < -0.39 is 6.10 Å². The highest BCUT2D eigenvalue weighted by Gasteiger charge is 2.16. The third-order valence-electron chi connectivity index (χ3n) is 3.39. The SMILES string of the molecule is Cc1ccc(C)c([C@H](O)CN(C)[C@@H](C)CC#N)c1. The molecule has 1 rings (SSSR count). The van der Waals surface area contributed by atoms with Gasteiger partial charge < -0.3 is 5.11 Å². The number of hydrogen-bond acceptors (Lipinski definition) is 3. The number of nitrogens with zero attached hydrogens (tertiary/aromatic N) is 2. The number of nitriles is 1. The van der Waals surface area contributed by atoms with Crippen LogP contribution in [-0.4, -0.2) is 29.6 Å². The van der Waals surface area contributed by atoms with Crippen LogP contribution in [0.1, 0.15) is 36.1 Å². The molecule has 0 saturated heterocycles. The molecule has 1 aromatic carbocycles. The molecule has 3 heteroatoms. The van der Waals surface area contributed by atoms with Crippen LogP contribution in [0.25, 0.3) is 0 Å². The summed E-state index contributed by atoms with van der Waals surface area (Å²) in [6, 6.07) is 8.43. The van der Waals surface area contributed by atoms with Gasteiger partial charge in [-0.2, -0.15) is 5.26 Å². The molecule has 0 saturated carbocycles. The van der Waals surface area contributed by atoms with Crippen LogP contribution in [0.5, 0.6) is 0 Å². The number of likely N-dealkylation sites (N-methyl/N-ethyl adjacent to an activating group) is 1. The van der Waals surface area contributed by atoms with Gasteiger partial charge in [0.1, 0.15) is 0 Å². The number of aliphatic hydroxyl groups excluding tert-OH is 1. The zero-order chi connectivity index (χ0) is 13.7. The highest BCUT2D eigenvalue weighted by Crippen LogP contribution is 2.20. The van der Waals surface area contributed by atoms with Crippen molar-refractivity contribution >= 4 is 0 Å². The van der Waals surface area contributed by atoms with Crippen LogP contribution in [0.3, 0.4) is 0 Å². The second kappa shape index (κ2) is 6.53. The van der Waals surface area contributed by atoms with Crippen LogP contribution < -0.4 is 0 Å². The quantitative estimate of drug-likeness (QED) is 0.868. The van der Waals surface area contributed by atoms with Gasteiger partial charge in [-0.1, -0.05) is 23.8 Å². The first-order valence-corrected chi connectivity index (χ1v) is 6.28. The molecule has 0 heterocycles. The number of benzene rings is 1. The Bertz CT molecular complexity index is 437. The summed E-state index contributed by atoms with van der Waals surface area (Å²) in [5.74, 6) is 0. The Kier molecular flexibility index (Phi) is 5.33. The van der Waals surface area contributed by atoms with Crippen molar-refractivity contribution < 1.29 is 5.11 Å². The maximum Gasteiger partial charge on any atom is 0.0919 e. The second-order valence-electron chi connectivity index (χ2n) is 5.03. The number of aliphatic hydroxyl groups is 1. The lowest BCUT2D eigenvalue weighted by atomic mass is 10.00. The Balaban J connectivity index is 2.73. The van der Waals surface area contributed by atoms with E-state index in [1.165, 1.54) is 0 Å². The van der Waals surface area contributed by atoms with Crippen molar-refractivity contribution in [3.8, 4) is 6.07 Å². The minimum absolute atomic E-state index is 0.162. The molecule has 1 N–H and O–H groups in total. The maximum absolute atomic E-state index is 10.3. The topological polar surface area (TPSA) is 47.3 Å². The number of hydrogen-bond donors (Lipinski definition) is 1. The lowest BCUT2D eigenvalue weighted by Gasteiger charge is -2.26. The summed E-state index contributed by atoms with van der Waals surface area (Å²) in [6.45, 7) is 6.58.